The molecular weight excluding hydrogens is 504 g/mol. The van der Waals surface area contributed by atoms with Crippen LogP contribution in [0.2, 0.25) is 0 Å². The quantitative estimate of drug-likeness (QED) is 0.201. The van der Waals surface area contributed by atoms with Gasteiger partial charge in [-0.25, -0.2) is 0 Å². The number of hydrogen-bond donors (Lipinski definition) is 0. The maximum atomic E-state index is 3.45. The molecule has 0 radical (unpaired) electrons. The highest BCUT2D eigenvalue weighted by atomic mass is 14.1. The largest absolute Gasteiger partial charge is 0.0622 e. The lowest BCUT2D eigenvalue weighted by Gasteiger charge is -2.07. The van der Waals surface area contributed by atoms with Crippen LogP contribution >= 0.6 is 0 Å². The van der Waals surface area contributed by atoms with Gasteiger partial charge in [0.1, 0.15) is 0 Å². The standard InChI is InChI=1S/C42H24/c1-4-10-31(11-5-1)37-22-16-34-20-26-41-29-39(33-14-8-3-9-15-33)24-18-36(41)21-27-42-30-38(32-12-6-2-7-13-32)23-17-35(42)19-25-40(34)28-37/h1-18,22-24,28-30H. The van der Waals surface area contributed by atoms with E-state index in [1.807, 2.05) is 18.2 Å². The summed E-state index contributed by atoms with van der Waals surface area (Å²) >= 11 is 0. The van der Waals surface area contributed by atoms with Crippen LogP contribution in [0.1, 0.15) is 33.4 Å². The number of rotatable bonds is 3. The summed E-state index contributed by atoms with van der Waals surface area (Å²) in [5, 5.41) is 0. The van der Waals surface area contributed by atoms with Crippen molar-refractivity contribution in [3.8, 4) is 68.9 Å². The van der Waals surface area contributed by atoms with Crippen LogP contribution in [0.15, 0.2) is 146 Å². The van der Waals surface area contributed by atoms with Gasteiger partial charge in [0.15, 0.2) is 0 Å². The van der Waals surface area contributed by atoms with Gasteiger partial charge in [0.25, 0.3) is 0 Å². The molecule has 0 nitrogen and oxygen atoms in total. The van der Waals surface area contributed by atoms with Gasteiger partial charge in [-0.15, -0.1) is 0 Å². The second-order valence-electron chi connectivity index (χ2n) is 10.1. The molecular formula is C42H24. The Bertz CT molecular complexity index is 1870. The van der Waals surface area contributed by atoms with E-state index >= 15 is 0 Å². The molecule has 7 rings (SSSR count). The fourth-order valence-electron chi connectivity index (χ4n) is 5.10. The molecule has 0 aromatic heterocycles. The predicted octanol–water partition coefficient (Wildman–Crippen LogP) is 9.20. The first-order valence-corrected chi connectivity index (χ1v) is 13.9. The first-order valence-electron chi connectivity index (χ1n) is 13.9. The summed E-state index contributed by atoms with van der Waals surface area (Å²) in [6.07, 6.45) is 0. The zero-order valence-electron chi connectivity index (χ0n) is 22.9. The van der Waals surface area contributed by atoms with E-state index in [1.54, 1.807) is 0 Å². The predicted molar refractivity (Wildman–Crippen MR) is 174 cm³/mol. The van der Waals surface area contributed by atoms with Crippen LogP contribution in [-0.2, 0) is 0 Å². The van der Waals surface area contributed by atoms with E-state index in [1.165, 1.54) is 0 Å². The maximum absolute atomic E-state index is 3.45. The molecule has 1 aliphatic carbocycles. The molecule has 0 amide bonds. The molecule has 0 aliphatic heterocycles. The Balaban J connectivity index is 1.44. The molecule has 1 aliphatic rings. The molecule has 0 saturated carbocycles. The number of hydrogen-bond acceptors (Lipinski definition) is 0. The molecule has 0 saturated heterocycles. The van der Waals surface area contributed by atoms with Crippen LogP contribution in [0.3, 0.4) is 0 Å². The molecule has 0 N–H and O–H groups in total. The molecule has 6 aromatic rings. The minimum absolute atomic E-state index is 0.897. The Morgan fingerprint density at radius 2 is 0.476 bits per heavy atom. The molecule has 0 atom stereocenters. The molecule has 0 spiro atoms. The Labute approximate surface area is 247 Å². The molecule has 0 bridgehead atoms. The van der Waals surface area contributed by atoms with E-state index in [9.17, 15) is 0 Å². The first-order chi connectivity index (χ1) is 20.8. The van der Waals surface area contributed by atoms with E-state index in [4.69, 9.17) is 0 Å². The van der Waals surface area contributed by atoms with Crippen LogP contribution in [0, 0.1) is 35.5 Å². The number of benzene rings is 6. The van der Waals surface area contributed by atoms with Gasteiger partial charge in [-0.2, -0.15) is 0 Å². The van der Waals surface area contributed by atoms with Crippen molar-refractivity contribution in [2.75, 3.05) is 0 Å². The van der Waals surface area contributed by atoms with Gasteiger partial charge in [0, 0.05) is 33.4 Å². The third kappa shape index (κ3) is 5.25. The minimum atomic E-state index is 0.897. The lowest BCUT2D eigenvalue weighted by molar-refractivity contribution is 1.52. The summed E-state index contributed by atoms with van der Waals surface area (Å²) in [5.41, 5.74) is 12.2. The van der Waals surface area contributed by atoms with Crippen molar-refractivity contribution in [2.24, 2.45) is 0 Å². The van der Waals surface area contributed by atoms with Gasteiger partial charge in [-0.05, 0) is 69.8 Å². The Morgan fingerprint density at radius 1 is 0.214 bits per heavy atom. The average Bonchev–Trinajstić information content (AvgIpc) is 3.06. The lowest BCUT2D eigenvalue weighted by Crippen LogP contribution is -1.92. The third-order valence-electron chi connectivity index (χ3n) is 7.38. The van der Waals surface area contributed by atoms with Crippen LogP contribution < -0.4 is 0 Å². The summed E-state index contributed by atoms with van der Waals surface area (Å²) in [6, 6.07) is 50.2. The Hall–Kier alpha value is -6.00. The van der Waals surface area contributed by atoms with Gasteiger partial charge < -0.3 is 0 Å². The van der Waals surface area contributed by atoms with Crippen molar-refractivity contribution in [1.29, 1.82) is 0 Å². The fourth-order valence-corrected chi connectivity index (χ4v) is 5.10. The molecule has 192 valence electrons. The van der Waals surface area contributed by atoms with Crippen molar-refractivity contribution in [1.82, 2.24) is 0 Å². The summed E-state index contributed by atoms with van der Waals surface area (Å²) < 4.78 is 0. The van der Waals surface area contributed by atoms with Crippen LogP contribution in [0.25, 0.3) is 33.4 Å². The fraction of sp³-hybridized carbons (Fsp3) is 0. The van der Waals surface area contributed by atoms with E-state index in [0.29, 0.717) is 0 Å². The first kappa shape index (κ1) is 25.0. The van der Waals surface area contributed by atoms with Crippen LogP contribution in [0.5, 0.6) is 0 Å². The van der Waals surface area contributed by atoms with E-state index in [0.717, 1.165) is 66.8 Å². The van der Waals surface area contributed by atoms with Crippen molar-refractivity contribution >= 4 is 0 Å². The van der Waals surface area contributed by atoms with E-state index < -0.39 is 0 Å². The summed E-state index contributed by atoms with van der Waals surface area (Å²) in [5.74, 6) is 20.6. The summed E-state index contributed by atoms with van der Waals surface area (Å²) in [4.78, 5) is 0. The zero-order chi connectivity index (χ0) is 28.1. The van der Waals surface area contributed by atoms with Crippen LogP contribution in [-0.4, -0.2) is 0 Å². The average molecular weight is 529 g/mol. The highest BCUT2D eigenvalue weighted by Crippen LogP contribution is 2.26. The highest BCUT2D eigenvalue weighted by molar-refractivity contribution is 5.73. The normalized spacial score (nSPS) is 10.9. The van der Waals surface area contributed by atoms with Gasteiger partial charge in [-0.3, -0.25) is 0 Å². The Morgan fingerprint density at radius 3 is 0.762 bits per heavy atom. The maximum Gasteiger partial charge on any atom is 0.0411 e. The summed E-state index contributed by atoms with van der Waals surface area (Å²) in [6.45, 7) is 0. The topological polar surface area (TPSA) is 0 Å². The SMILES string of the molecule is C1#Cc2cc(-c3ccccc3)ccc2C#Cc2cc(-c3ccccc3)ccc2C#Cc2cc(-c3ccccc3)ccc21. The molecule has 0 fully saturated rings. The molecule has 42 heavy (non-hydrogen) atoms. The second-order valence-corrected chi connectivity index (χ2v) is 10.1. The third-order valence-corrected chi connectivity index (χ3v) is 7.38. The lowest BCUT2D eigenvalue weighted by atomic mass is 9.95. The van der Waals surface area contributed by atoms with Gasteiger partial charge in [0.05, 0.1) is 0 Å². The highest BCUT2D eigenvalue weighted by Gasteiger charge is 2.08. The van der Waals surface area contributed by atoms with Crippen molar-refractivity contribution < 1.29 is 0 Å². The Kier molecular flexibility index (Phi) is 6.69. The van der Waals surface area contributed by atoms with E-state index in [2.05, 4.69) is 163 Å². The number of fused-ring (bicyclic) bond motifs is 3. The molecule has 0 heteroatoms. The van der Waals surface area contributed by atoms with Gasteiger partial charge in [0.2, 0.25) is 0 Å². The van der Waals surface area contributed by atoms with Gasteiger partial charge >= 0.3 is 0 Å². The van der Waals surface area contributed by atoms with Crippen LogP contribution in [0.4, 0.5) is 0 Å². The molecule has 0 heterocycles. The minimum Gasteiger partial charge on any atom is -0.0622 e. The molecule has 6 aromatic carbocycles. The van der Waals surface area contributed by atoms with Crippen molar-refractivity contribution in [3.05, 3.63) is 179 Å². The summed E-state index contributed by atoms with van der Waals surface area (Å²) in [7, 11) is 0. The monoisotopic (exact) mass is 528 g/mol. The zero-order valence-corrected chi connectivity index (χ0v) is 22.9. The van der Waals surface area contributed by atoms with Crippen molar-refractivity contribution in [3.63, 3.8) is 0 Å². The second kappa shape index (κ2) is 11.2. The van der Waals surface area contributed by atoms with Gasteiger partial charge in [-0.1, -0.05) is 145 Å². The molecule has 0 unspecified atom stereocenters. The van der Waals surface area contributed by atoms with E-state index in [-0.39, 0.29) is 0 Å². The smallest absolute Gasteiger partial charge is 0.0411 e. The van der Waals surface area contributed by atoms with Crippen molar-refractivity contribution in [2.45, 2.75) is 0 Å².